The predicted octanol–water partition coefficient (Wildman–Crippen LogP) is 3.57. The van der Waals surface area contributed by atoms with Crippen LogP contribution in [0.3, 0.4) is 0 Å². The number of phenols is 2. The second-order valence-corrected chi connectivity index (χ2v) is 8.97. The summed E-state index contributed by atoms with van der Waals surface area (Å²) in [5.74, 6) is 0.152. The SMILES string of the molecule is CC1(C)C=Cc2c(c(O)cc3oc4c5c(cc(O)c4c(=O)c23)OC(CO)C5(C)C)O1. The molecule has 0 radical (unpaired) electrons. The van der Waals surface area contributed by atoms with Crippen molar-refractivity contribution in [3.05, 3.63) is 39.6 Å². The lowest BCUT2D eigenvalue weighted by Crippen LogP contribution is -2.35. The highest BCUT2D eigenvalue weighted by molar-refractivity contribution is 6.01. The van der Waals surface area contributed by atoms with Gasteiger partial charge in [-0.2, -0.15) is 0 Å². The van der Waals surface area contributed by atoms with Crippen LogP contribution in [0, 0.1) is 0 Å². The Morgan fingerprint density at radius 3 is 2.50 bits per heavy atom. The van der Waals surface area contributed by atoms with E-state index >= 15 is 0 Å². The number of benzene rings is 2. The molecule has 3 aromatic rings. The van der Waals surface area contributed by atoms with Gasteiger partial charge in [-0.3, -0.25) is 4.79 Å². The molecule has 0 saturated heterocycles. The first-order valence-corrected chi connectivity index (χ1v) is 9.74. The lowest BCUT2D eigenvalue weighted by Gasteiger charge is -2.28. The van der Waals surface area contributed by atoms with E-state index in [1.54, 1.807) is 12.2 Å². The summed E-state index contributed by atoms with van der Waals surface area (Å²) in [6.07, 6.45) is 2.97. The van der Waals surface area contributed by atoms with E-state index in [0.717, 1.165) is 0 Å². The second-order valence-electron chi connectivity index (χ2n) is 8.97. The van der Waals surface area contributed by atoms with Gasteiger partial charge in [0.1, 0.15) is 39.8 Å². The van der Waals surface area contributed by atoms with Crippen molar-refractivity contribution >= 4 is 28.0 Å². The van der Waals surface area contributed by atoms with Crippen LogP contribution in [0.15, 0.2) is 27.4 Å². The molecule has 2 aliphatic heterocycles. The lowest BCUT2D eigenvalue weighted by molar-refractivity contribution is 0.0888. The van der Waals surface area contributed by atoms with Crippen LogP contribution < -0.4 is 14.9 Å². The number of aliphatic hydroxyl groups excluding tert-OH is 1. The van der Waals surface area contributed by atoms with Crippen LogP contribution in [0.4, 0.5) is 0 Å². The quantitative estimate of drug-likeness (QED) is 0.526. The molecule has 0 bridgehead atoms. The number of phenolic OH excluding ortho intramolecular Hbond substituents is 2. The number of hydrogen-bond donors (Lipinski definition) is 3. The first-order chi connectivity index (χ1) is 14.0. The van der Waals surface area contributed by atoms with Crippen molar-refractivity contribution in [2.75, 3.05) is 6.61 Å². The van der Waals surface area contributed by atoms with Crippen molar-refractivity contribution in [3.63, 3.8) is 0 Å². The summed E-state index contributed by atoms with van der Waals surface area (Å²) < 4.78 is 17.8. The standard InChI is InChI=1S/C23H22O7/c1-22(2)6-5-10-16-13(8-12(26)20(10)30-22)29-21-17(19(16)27)11(25)7-14-18(21)23(3,4)15(9-24)28-14/h5-8,15,24-26H,9H2,1-4H3. The van der Waals surface area contributed by atoms with Crippen molar-refractivity contribution < 1.29 is 29.2 Å². The molecule has 3 N–H and O–H groups in total. The molecule has 2 aliphatic rings. The summed E-state index contributed by atoms with van der Waals surface area (Å²) in [6, 6.07) is 2.74. The molecular weight excluding hydrogens is 388 g/mol. The van der Waals surface area contributed by atoms with Crippen LogP contribution in [0.5, 0.6) is 23.0 Å². The van der Waals surface area contributed by atoms with Gasteiger partial charge in [0.05, 0.1) is 12.0 Å². The predicted molar refractivity (Wildman–Crippen MR) is 112 cm³/mol. The zero-order chi connectivity index (χ0) is 21.6. The third-order valence-corrected chi connectivity index (χ3v) is 6.05. The van der Waals surface area contributed by atoms with Crippen LogP contribution in [-0.2, 0) is 5.41 Å². The summed E-state index contributed by atoms with van der Waals surface area (Å²) in [5, 5.41) is 31.2. The van der Waals surface area contributed by atoms with Crippen LogP contribution in [0.25, 0.3) is 28.0 Å². The molecule has 0 aliphatic carbocycles. The highest BCUT2D eigenvalue weighted by atomic mass is 16.5. The van der Waals surface area contributed by atoms with Gasteiger partial charge < -0.3 is 29.2 Å². The van der Waals surface area contributed by atoms with Gasteiger partial charge in [-0.1, -0.05) is 19.9 Å². The van der Waals surface area contributed by atoms with E-state index in [0.29, 0.717) is 16.9 Å². The van der Waals surface area contributed by atoms with Gasteiger partial charge >= 0.3 is 0 Å². The molecule has 7 heteroatoms. The minimum atomic E-state index is -0.664. The molecule has 7 nitrogen and oxygen atoms in total. The number of rotatable bonds is 1. The van der Waals surface area contributed by atoms with Crippen LogP contribution in [0.2, 0.25) is 0 Å². The van der Waals surface area contributed by atoms with Gasteiger partial charge in [0.2, 0.25) is 5.43 Å². The molecule has 156 valence electrons. The average molecular weight is 410 g/mol. The summed E-state index contributed by atoms with van der Waals surface area (Å²) >= 11 is 0. The van der Waals surface area contributed by atoms with Crippen molar-refractivity contribution in [1.82, 2.24) is 0 Å². The Hall–Kier alpha value is -3.19. The highest BCUT2D eigenvalue weighted by Gasteiger charge is 2.44. The Morgan fingerprint density at radius 1 is 1.07 bits per heavy atom. The maximum Gasteiger partial charge on any atom is 0.205 e. The molecule has 0 saturated carbocycles. The van der Waals surface area contributed by atoms with Crippen molar-refractivity contribution in [1.29, 1.82) is 0 Å². The Labute approximate surface area is 171 Å². The summed E-state index contributed by atoms with van der Waals surface area (Å²) in [7, 11) is 0. The molecule has 3 heterocycles. The number of fused-ring (bicyclic) bond motifs is 6. The van der Waals surface area contributed by atoms with Crippen LogP contribution in [-0.4, -0.2) is 33.6 Å². The van der Waals surface area contributed by atoms with Gasteiger partial charge in [-0.05, 0) is 19.9 Å². The number of aromatic hydroxyl groups is 2. The fourth-order valence-corrected chi connectivity index (χ4v) is 4.42. The molecule has 0 spiro atoms. The average Bonchev–Trinajstić information content (AvgIpc) is 2.91. The molecule has 0 amide bonds. The van der Waals surface area contributed by atoms with E-state index in [2.05, 4.69) is 0 Å². The largest absolute Gasteiger partial charge is 0.507 e. The summed E-state index contributed by atoms with van der Waals surface area (Å²) in [6.45, 7) is 7.21. The Kier molecular flexibility index (Phi) is 3.57. The third-order valence-electron chi connectivity index (χ3n) is 6.05. The van der Waals surface area contributed by atoms with E-state index in [9.17, 15) is 20.1 Å². The number of aliphatic hydroxyl groups is 1. The molecule has 1 atom stereocenters. The molecule has 2 aromatic carbocycles. The number of hydrogen-bond acceptors (Lipinski definition) is 7. The molecule has 1 aromatic heterocycles. The second kappa shape index (κ2) is 5.70. The normalized spacial score (nSPS) is 20.6. The first kappa shape index (κ1) is 18.8. The zero-order valence-electron chi connectivity index (χ0n) is 17.1. The van der Waals surface area contributed by atoms with Crippen molar-refractivity contribution in [2.45, 2.75) is 44.8 Å². The smallest absolute Gasteiger partial charge is 0.205 e. The van der Waals surface area contributed by atoms with Gasteiger partial charge in [0, 0.05) is 28.7 Å². The highest BCUT2D eigenvalue weighted by Crippen LogP contribution is 2.50. The summed E-state index contributed by atoms with van der Waals surface area (Å²) in [5.41, 5.74) is -0.375. The van der Waals surface area contributed by atoms with E-state index in [1.165, 1.54) is 12.1 Å². The fraction of sp³-hybridized carbons (Fsp3) is 0.348. The zero-order valence-corrected chi connectivity index (χ0v) is 17.1. The molecule has 30 heavy (non-hydrogen) atoms. The molecule has 5 rings (SSSR count). The van der Waals surface area contributed by atoms with Gasteiger partial charge in [0.15, 0.2) is 11.5 Å². The topological polar surface area (TPSA) is 109 Å². The monoisotopic (exact) mass is 410 g/mol. The van der Waals surface area contributed by atoms with Crippen molar-refractivity contribution in [3.8, 4) is 23.0 Å². The maximum atomic E-state index is 13.5. The third kappa shape index (κ3) is 2.32. The minimum absolute atomic E-state index is 0.0302. The van der Waals surface area contributed by atoms with Crippen LogP contribution in [0.1, 0.15) is 38.8 Å². The number of ether oxygens (including phenoxy) is 2. The Bertz CT molecular complexity index is 1330. The Balaban J connectivity index is 1.93. The molecule has 1 unspecified atom stereocenters. The van der Waals surface area contributed by atoms with Gasteiger partial charge in [0.25, 0.3) is 0 Å². The lowest BCUT2D eigenvalue weighted by atomic mass is 9.80. The van der Waals surface area contributed by atoms with Crippen molar-refractivity contribution in [2.24, 2.45) is 0 Å². The minimum Gasteiger partial charge on any atom is -0.507 e. The van der Waals surface area contributed by atoms with E-state index in [1.807, 2.05) is 27.7 Å². The molecular formula is C23H22O7. The van der Waals surface area contributed by atoms with E-state index in [-0.39, 0.29) is 45.8 Å². The van der Waals surface area contributed by atoms with Gasteiger partial charge in [-0.25, -0.2) is 0 Å². The maximum absolute atomic E-state index is 13.5. The van der Waals surface area contributed by atoms with E-state index in [4.69, 9.17) is 13.9 Å². The summed E-state index contributed by atoms with van der Waals surface area (Å²) in [4.78, 5) is 13.5. The molecule has 0 fully saturated rings. The fourth-order valence-electron chi connectivity index (χ4n) is 4.42. The first-order valence-electron chi connectivity index (χ1n) is 9.74. The van der Waals surface area contributed by atoms with Gasteiger partial charge in [-0.15, -0.1) is 0 Å². The van der Waals surface area contributed by atoms with Crippen LogP contribution >= 0.6 is 0 Å². The van der Waals surface area contributed by atoms with E-state index < -0.39 is 22.5 Å². The Morgan fingerprint density at radius 2 is 1.80 bits per heavy atom.